The number of carbonyl (C=O) groups excluding carboxylic acids is 1. The van der Waals surface area contributed by atoms with Crippen LogP contribution in [0.25, 0.3) is 6.08 Å². The molecule has 0 radical (unpaired) electrons. The van der Waals surface area contributed by atoms with Crippen molar-refractivity contribution in [2.24, 2.45) is 11.0 Å². The van der Waals surface area contributed by atoms with Crippen LogP contribution in [-0.4, -0.2) is 25.0 Å². The first kappa shape index (κ1) is 15.6. The van der Waals surface area contributed by atoms with E-state index in [1.165, 1.54) is 0 Å². The SMILES string of the molecule is COc1cc(C=C(C)C2=NNC(=O)CC2C)cc(SC)c1. The van der Waals surface area contributed by atoms with Gasteiger partial charge in [-0.3, -0.25) is 4.79 Å². The second-order valence-electron chi connectivity index (χ2n) is 5.11. The molecule has 0 bridgehead atoms. The average Bonchev–Trinajstić information content (AvgIpc) is 2.46. The van der Waals surface area contributed by atoms with E-state index in [4.69, 9.17) is 4.74 Å². The maximum atomic E-state index is 11.3. The molecule has 21 heavy (non-hydrogen) atoms. The maximum Gasteiger partial charge on any atom is 0.240 e. The molecule has 0 fully saturated rings. The molecule has 1 unspecified atom stereocenters. The smallest absolute Gasteiger partial charge is 0.240 e. The minimum atomic E-state index is -0.0231. The van der Waals surface area contributed by atoms with Gasteiger partial charge in [0.2, 0.25) is 5.91 Å². The first-order valence-electron chi connectivity index (χ1n) is 6.81. The topological polar surface area (TPSA) is 50.7 Å². The Kier molecular flexibility index (Phi) is 5.07. The lowest BCUT2D eigenvalue weighted by molar-refractivity contribution is -0.121. The van der Waals surface area contributed by atoms with Gasteiger partial charge in [-0.25, -0.2) is 5.43 Å². The maximum absolute atomic E-state index is 11.3. The van der Waals surface area contributed by atoms with E-state index >= 15 is 0 Å². The standard InChI is InChI=1S/C16H20N2O2S/c1-10(16-11(2)6-15(19)17-18-16)5-12-7-13(20-3)9-14(8-12)21-4/h5,7-9,11H,6H2,1-4H3,(H,17,19). The molecule has 0 aliphatic carbocycles. The summed E-state index contributed by atoms with van der Waals surface area (Å²) in [5, 5.41) is 4.19. The molecule has 2 rings (SSSR count). The van der Waals surface area contributed by atoms with Crippen LogP contribution in [0, 0.1) is 5.92 Å². The Labute approximate surface area is 129 Å². The van der Waals surface area contributed by atoms with E-state index in [0.29, 0.717) is 6.42 Å². The zero-order valence-electron chi connectivity index (χ0n) is 12.8. The molecule has 0 aromatic heterocycles. The van der Waals surface area contributed by atoms with E-state index in [2.05, 4.69) is 22.7 Å². The summed E-state index contributed by atoms with van der Waals surface area (Å²) < 4.78 is 5.33. The molecule has 1 atom stereocenters. The zero-order chi connectivity index (χ0) is 15.4. The van der Waals surface area contributed by atoms with Crippen molar-refractivity contribution in [3.05, 3.63) is 29.3 Å². The summed E-state index contributed by atoms with van der Waals surface area (Å²) in [5.74, 6) is 0.957. The number of allylic oxidation sites excluding steroid dienone is 1. The van der Waals surface area contributed by atoms with Crippen LogP contribution in [0.1, 0.15) is 25.8 Å². The largest absolute Gasteiger partial charge is 0.497 e. The van der Waals surface area contributed by atoms with Crippen molar-refractivity contribution in [1.29, 1.82) is 0 Å². The Balaban J connectivity index is 2.32. The third-order valence-electron chi connectivity index (χ3n) is 3.42. The zero-order valence-corrected chi connectivity index (χ0v) is 13.6. The van der Waals surface area contributed by atoms with Crippen LogP contribution in [0.5, 0.6) is 5.75 Å². The third kappa shape index (κ3) is 3.88. The van der Waals surface area contributed by atoms with Crippen molar-refractivity contribution >= 4 is 29.5 Å². The predicted molar refractivity (Wildman–Crippen MR) is 87.8 cm³/mol. The summed E-state index contributed by atoms with van der Waals surface area (Å²) in [6.07, 6.45) is 4.60. The second kappa shape index (κ2) is 6.80. The molecule has 112 valence electrons. The van der Waals surface area contributed by atoms with E-state index in [1.54, 1.807) is 18.9 Å². The van der Waals surface area contributed by atoms with Crippen molar-refractivity contribution in [1.82, 2.24) is 5.43 Å². The van der Waals surface area contributed by atoms with Gasteiger partial charge in [0.15, 0.2) is 0 Å². The predicted octanol–water partition coefficient (Wildman–Crippen LogP) is 3.33. The number of carbonyl (C=O) groups is 1. The monoisotopic (exact) mass is 304 g/mol. The minimum absolute atomic E-state index is 0.0231. The quantitative estimate of drug-likeness (QED) is 0.868. The van der Waals surface area contributed by atoms with Crippen LogP contribution >= 0.6 is 11.8 Å². The summed E-state index contributed by atoms with van der Waals surface area (Å²) in [6, 6.07) is 6.12. The van der Waals surface area contributed by atoms with E-state index in [-0.39, 0.29) is 11.8 Å². The number of hydrogen-bond acceptors (Lipinski definition) is 4. The summed E-state index contributed by atoms with van der Waals surface area (Å²) in [7, 11) is 1.67. The fourth-order valence-corrected chi connectivity index (χ4v) is 2.85. The first-order valence-corrected chi connectivity index (χ1v) is 8.04. The van der Waals surface area contributed by atoms with Crippen molar-refractivity contribution in [2.75, 3.05) is 13.4 Å². The Morgan fingerprint density at radius 1 is 1.48 bits per heavy atom. The summed E-state index contributed by atoms with van der Waals surface area (Å²) in [4.78, 5) is 12.5. The van der Waals surface area contributed by atoms with E-state index in [9.17, 15) is 4.79 Å². The molecule has 0 saturated carbocycles. The van der Waals surface area contributed by atoms with Gasteiger partial charge in [0.05, 0.1) is 12.8 Å². The molecule has 1 aliphatic heterocycles. The summed E-state index contributed by atoms with van der Waals surface area (Å²) >= 11 is 1.68. The van der Waals surface area contributed by atoms with Crippen LogP contribution in [0.2, 0.25) is 0 Å². The number of rotatable bonds is 4. The molecule has 1 amide bonds. The van der Waals surface area contributed by atoms with Gasteiger partial charge in [-0.2, -0.15) is 5.10 Å². The Bertz CT molecular complexity index is 586. The molecule has 4 nitrogen and oxygen atoms in total. The highest BCUT2D eigenvalue weighted by Gasteiger charge is 2.21. The number of amides is 1. The third-order valence-corrected chi connectivity index (χ3v) is 4.13. The van der Waals surface area contributed by atoms with Gasteiger partial charge in [0, 0.05) is 17.2 Å². The molecular formula is C16H20N2O2S. The second-order valence-corrected chi connectivity index (χ2v) is 5.99. The number of ether oxygens (including phenoxy) is 1. The molecule has 0 saturated heterocycles. The molecule has 5 heteroatoms. The lowest BCUT2D eigenvalue weighted by Gasteiger charge is -2.19. The van der Waals surface area contributed by atoms with Crippen molar-refractivity contribution < 1.29 is 9.53 Å². The first-order chi connectivity index (χ1) is 10.0. The number of nitrogens with zero attached hydrogens (tertiary/aromatic N) is 1. The van der Waals surface area contributed by atoms with Gasteiger partial charge in [-0.1, -0.05) is 6.92 Å². The number of benzene rings is 1. The van der Waals surface area contributed by atoms with E-state index in [0.717, 1.165) is 27.5 Å². The fourth-order valence-electron chi connectivity index (χ4n) is 2.37. The highest BCUT2D eigenvalue weighted by molar-refractivity contribution is 7.98. The van der Waals surface area contributed by atoms with Crippen LogP contribution in [0.3, 0.4) is 0 Å². The van der Waals surface area contributed by atoms with Crippen LogP contribution in [-0.2, 0) is 4.79 Å². The molecule has 0 spiro atoms. The number of thioether (sulfide) groups is 1. The van der Waals surface area contributed by atoms with Gasteiger partial charge in [-0.15, -0.1) is 11.8 Å². The van der Waals surface area contributed by atoms with Gasteiger partial charge < -0.3 is 4.74 Å². The Hall–Kier alpha value is -1.75. The highest BCUT2D eigenvalue weighted by atomic mass is 32.2. The molecule has 1 N–H and O–H groups in total. The number of nitrogens with one attached hydrogen (secondary N) is 1. The summed E-state index contributed by atoms with van der Waals surface area (Å²) in [6.45, 7) is 4.04. The highest BCUT2D eigenvalue weighted by Crippen LogP contribution is 2.26. The minimum Gasteiger partial charge on any atom is -0.497 e. The summed E-state index contributed by atoms with van der Waals surface area (Å²) in [5.41, 5.74) is 5.62. The van der Waals surface area contributed by atoms with E-state index < -0.39 is 0 Å². The number of hydrogen-bond donors (Lipinski definition) is 1. The number of hydrazone groups is 1. The Morgan fingerprint density at radius 2 is 2.24 bits per heavy atom. The molecular weight excluding hydrogens is 284 g/mol. The average molecular weight is 304 g/mol. The van der Waals surface area contributed by atoms with E-state index in [1.807, 2.05) is 32.2 Å². The van der Waals surface area contributed by atoms with Crippen molar-refractivity contribution in [2.45, 2.75) is 25.2 Å². The van der Waals surface area contributed by atoms with Crippen LogP contribution in [0.4, 0.5) is 0 Å². The fraction of sp³-hybridized carbons (Fsp3) is 0.375. The van der Waals surface area contributed by atoms with Crippen LogP contribution < -0.4 is 10.2 Å². The normalized spacial score (nSPS) is 19.0. The van der Waals surface area contributed by atoms with Gasteiger partial charge >= 0.3 is 0 Å². The molecule has 1 aromatic rings. The van der Waals surface area contributed by atoms with Crippen molar-refractivity contribution in [3.63, 3.8) is 0 Å². The molecule has 1 aliphatic rings. The molecule has 1 heterocycles. The Morgan fingerprint density at radius 3 is 2.86 bits per heavy atom. The van der Waals surface area contributed by atoms with Crippen LogP contribution in [0.15, 0.2) is 33.8 Å². The van der Waals surface area contributed by atoms with Crippen molar-refractivity contribution in [3.8, 4) is 5.75 Å². The van der Waals surface area contributed by atoms with Gasteiger partial charge in [0.25, 0.3) is 0 Å². The van der Waals surface area contributed by atoms with Gasteiger partial charge in [-0.05, 0) is 48.6 Å². The van der Waals surface area contributed by atoms with Gasteiger partial charge in [0.1, 0.15) is 5.75 Å². The lowest BCUT2D eigenvalue weighted by Crippen LogP contribution is -2.31. The molecule has 1 aromatic carbocycles. The lowest BCUT2D eigenvalue weighted by atomic mass is 9.93. The number of methoxy groups -OCH3 is 1.